The summed E-state index contributed by atoms with van der Waals surface area (Å²) < 4.78 is 0. The molecule has 1 aromatic carbocycles. The van der Waals surface area contributed by atoms with Crippen LogP contribution in [0, 0.1) is 6.92 Å². The molecule has 80 valence electrons. The van der Waals surface area contributed by atoms with Crippen LogP contribution in [-0.2, 0) is 10.5 Å². The average molecular weight is 220 g/mol. The topological polar surface area (TPSA) is 17.1 Å². The van der Waals surface area contributed by atoms with Gasteiger partial charge in [-0.15, -0.1) is 0 Å². The van der Waals surface area contributed by atoms with Crippen molar-refractivity contribution in [2.45, 2.75) is 37.2 Å². The molecular formula is C13H16OS. The Labute approximate surface area is 95.3 Å². The van der Waals surface area contributed by atoms with Crippen LogP contribution in [0.25, 0.3) is 0 Å². The quantitative estimate of drug-likeness (QED) is 0.777. The number of carbonyl (C=O) groups excluding carboxylic acids is 1. The van der Waals surface area contributed by atoms with E-state index in [-0.39, 0.29) is 0 Å². The van der Waals surface area contributed by atoms with Crippen molar-refractivity contribution < 1.29 is 4.79 Å². The fraction of sp³-hybridized carbons (Fsp3) is 0.462. The van der Waals surface area contributed by atoms with Gasteiger partial charge in [-0.25, -0.2) is 0 Å². The summed E-state index contributed by atoms with van der Waals surface area (Å²) in [4.78, 5) is 11.1. The smallest absolute Gasteiger partial charge is 0.134 e. The van der Waals surface area contributed by atoms with Gasteiger partial charge in [0.05, 0.1) is 0 Å². The number of aryl methyl sites for hydroxylation is 1. The molecule has 15 heavy (non-hydrogen) atoms. The van der Waals surface area contributed by atoms with Crippen LogP contribution in [0.1, 0.15) is 30.4 Å². The molecule has 0 aromatic heterocycles. The molecule has 0 spiro atoms. The number of carbonyl (C=O) groups is 1. The standard InChI is InChI=1S/C13H16OS/c1-10-4-2-3-5-11(10)9-15-13-7-6-12(14)8-13/h2-5,13H,6-9H2,1H3. The Morgan fingerprint density at radius 1 is 1.40 bits per heavy atom. The van der Waals surface area contributed by atoms with E-state index >= 15 is 0 Å². The van der Waals surface area contributed by atoms with E-state index in [9.17, 15) is 4.79 Å². The number of hydrogen-bond acceptors (Lipinski definition) is 2. The molecular weight excluding hydrogens is 204 g/mol. The summed E-state index contributed by atoms with van der Waals surface area (Å²) >= 11 is 1.93. The minimum absolute atomic E-state index is 0.442. The first kappa shape index (κ1) is 10.7. The van der Waals surface area contributed by atoms with E-state index < -0.39 is 0 Å². The van der Waals surface area contributed by atoms with Gasteiger partial charge in [0, 0.05) is 23.8 Å². The van der Waals surface area contributed by atoms with Crippen LogP contribution in [0.4, 0.5) is 0 Å². The minimum Gasteiger partial charge on any atom is -0.300 e. The normalized spacial score (nSPS) is 20.9. The van der Waals surface area contributed by atoms with Crippen molar-refractivity contribution in [1.29, 1.82) is 0 Å². The fourth-order valence-electron chi connectivity index (χ4n) is 1.90. The van der Waals surface area contributed by atoms with E-state index in [0.717, 1.165) is 25.0 Å². The minimum atomic E-state index is 0.442. The van der Waals surface area contributed by atoms with Gasteiger partial charge in [0.15, 0.2) is 0 Å². The van der Waals surface area contributed by atoms with Gasteiger partial charge in [0.1, 0.15) is 5.78 Å². The molecule has 2 rings (SSSR count). The Kier molecular flexibility index (Phi) is 3.47. The van der Waals surface area contributed by atoms with Gasteiger partial charge in [-0.1, -0.05) is 24.3 Å². The first-order valence-corrected chi connectivity index (χ1v) is 6.48. The van der Waals surface area contributed by atoms with Crippen molar-refractivity contribution in [2.24, 2.45) is 0 Å². The predicted molar refractivity (Wildman–Crippen MR) is 65.1 cm³/mol. The molecule has 1 aliphatic rings. The van der Waals surface area contributed by atoms with Crippen molar-refractivity contribution in [1.82, 2.24) is 0 Å². The Morgan fingerprint density at radius 3 is 2.87 bits per heavy atom. The van der Waals surface area contributed by atoms with Crippen LogP contribution in [0.2, 0.25) is 0 Å². The molecule has 0 heterocycles. The Bertz CT molecular complexity index is 359. The molecule has 0 bridgehead atoms. The van der Waals surface area contributed by atoms with Gasteiger partial charge in [-0.3, -0.25) is 4.79 Å². The lowest BCUT2D eigenvalue weighted by atomic mass is 10.1. The number of rotatable bonds is 3. The molecule has 0 saturated heterocycles. The molecule has 0 radical (unpaired) electrons. The van der Waals surface area contributed by atoms with Crippen LogP contribution >= 0.6 is 11.8 Å². The lowest BCUT2D eigenvalue weighted by molar-refractivity contribution is -0.117. The van der Waals surface area contributed by atoms with Gasteiger partial charge in [0.25, 0.3) is 0 Å². The summed E-state index contributed by atoms with van der Waals surface area (Å²) in [5.74, 6) is 1.49. The summed E-state index contributed by atoms with van der Waals surface area (Å²) in [6.07, 6.45) is 2.66. The highest BCUT2D eigenvalue weighted by molar-refractivity contribution is 7.99. The Balaban J connectivity index is 1.88. The second-order valence-electron chi connectivity index (χ2n) is 4.14. The zero-order valence-corrected chi connectivity index (χ0v) is 9.85. The van der Waals surface area contributed by atoms with E-state index in [1.807, 2.05) is 11.8 Å². The first-order valence-electron chi connectivity index (χ1n) is 5.43. The summed E-state index contributed by atoms with van der Waals surface area (Å²) in [5.41, 5.74) is 2.76. The van der Waals surface area contributed by atoms with Gasteiger partial charge in [0.2, 0.25) is 0 Å². The highest BCUT2D eigenvalue weighted by atomic mass is 32.2. The van der Waals surface area contributed by atoms with Crippen LogP contribution < -0.4 is 0 Å². The zero-order chi connectivity index (χ0) is 10.7. The fourth-order valence-corrected chi connectivity index (χ4v) is 3.23. The van der Waals surface area contributed by atoms with Crippen molar-refractivity contribution in [3.63, 3.8) is 0 Å². The molecule has 0 amide bonds. The second kappa shape index (κ2) is 4.84. The van der Waals surface area contributed by atoms with E-state index in [1.54, 1.807) is 0 Å². The first-order chi connectivity index (χ1) is 7.25. The van der Waals surface area contributed by atoms with E-state index in [4.69, 9.17) is 0 Å². The number of benzene rings is 1. The summed E-state index contributed by atoms with van der Waals surface area (Å²) in [7, 11) is 0. The SMILES string of the molecule is Cc1ccccc1CSC1CCC(=O)C1. The lowest BCUT2D eigenvalue weighted by Crippen LogP contribution is -1.98. The molecule has 1 unspecified atom stereocenters. The van der Waals surface area contributed by atoms with Gasteiger partial charge < -0.3 is 0 Å². The highest BCUT2D eigenvalue weighted by Gasteiger charge is 2.22. The van der Waals surface area contributed by atoms with Gasteiger partial charge in [-0.05, 0) is 24.5 Å². The van der Waals surface area contributed by atoms with Crippen LogP contribution in [-0.4, -0.2) is 11.0 Å². The summed E-state index contributed by atoms with van der Waals surface area (Å²) in [6, 6.07) is 8.49. The molecule has 1 atom stereocenters. The van der Waals surface area contributed by atoms with Crippen molar-refractivity contribution >= 4 is 17.5 Å². The molecule has 2 heteroatoms. The summed E-state index contributed by atoms with van der Waals surface area (Å²) in [6.45, 7) is 2.15. The van der Waals surface area contributed by atoms with Crippen LogP contribution in [0.3, 0.4) is 0 Å². The van der Waals surface area contributed by atoms with Crippen LogP contribution in [0.5, 0.6) is 0 Å². The Morgan fingerprint density at radius 2 is 2.20 bits per heavy atom. The maximum atomic E-state index is 11.1. The van der Waals surface area contributed by atoms with Crippen molar-refractivity contribution in [2.75, 3.05) is 0 Å². The molecule has 1 aromatic rings. The van der Waals surface area contributed by atoms with Crippen LogP contribution in [0.15, 0.2) is 24.3 Å². The molecule has 1 nitrogen and oxygen atoms in total. The zero-order valence-electron chi connectivity index (χ0n) is 9.03. The molecule has 1 aliphatic carbocycles. The number of hydrogen-bond donors (Lipinski definition) is 0. The predicted octanol–water partition coefficient (Wildman–Crippen LogP) is 3.35. The third kappa shape index (κ3) is 2.85. The lowest BCUT2D eigenvalue weighted by Gasteiger charge is -2.09. The monoisotopic (exact) mass is 220 g/mol. The van der Waals surface area contributed by atoms with E-state index in [0.29, 0.717) is 11.0 Å². The maximum Gasteiger partial charge on any atom is 0.134 e. The average Bonchev–Trinajstić information content (AvgIpc) is 2.63. The number of Topliss-reactive ketones (excluding diaryl/α,β-unsaturated/α-hetero) is 1. The van der Waals surface area contributed by atoms with Crippen molar-refractivity contribution in [3.05, 3.63) is 35.4 Å². The molecule has 0 N–H and O–H groups in total. The summed E-state index contributed by atoms with van der Waals surface area (Å²) in [5, 5.41) is 0.567. The molecule has 1 saturated carbocycles. The van der Waals surface area contributed by atoms with E-state index in [2.05, 4.69) is 31.2 Å². The number of ketones is 1. The van der Waals surface area contributed by atoms with Gasteiger partial charge in [-0.2, -0.15) is 11.8 Å². The van der Waals surface area contributed by atoms with Gasteiger partial charge >= 0.3 is 0 Å². The second-order valence-corrected chi connectivity index (χ2v) is 5.43. The number of thioether (sulfide) groups is 1. The van der Waals surface area contributed by atoms with E-state index in [1.165, 1.54) is 11.1 Å². The third-order valence-electron chi connectivity index (χ3n) is 2.94. The van der Waals surface area contributed by atoms with Crippen molar-refractivity contribution in [3.8, 4) is 0 Å². The molecule has 0 aliphatic heterocycles. The Hall–Kier alpha value is -0.760. The largest absolute Gasteiger partial charge is 0.300 e. The molecule has 1 fully saturated rings. The highest BCUT2D eigenvalue weighted by Crippen LogP contribution is 2.30. The maximum absolute atomic E-state index is 11.1. The third-order valence-corrected chi connectivity index (χ3v) is 4.29.